The number of anilines is 1. The fraction of sp³-hybridized carbons (Fsp3) is 0.632. The molecule has 1 aliphatic rings. The molecule has 1 N–H and O–H groups in total. The average Bonchev–Trinajstić information content (AvgIpc) is 2.84. The molecule has 1 aliphatic heterocycles. The molecule has 0 aliphatic carbocycles. The fourth-order valence-electron chi connectivity index (χ4n) is 3.21. The molecule has 1 aromatic carbocycles. The molecule has 0 saturated carbocycles. The largest absolute Gasteiger partial charge is 0.341 e. The molecular formula is C19H31N3. The maximum atomic E-state index is 8.61. The highest BCUT2D eigenvalue weighted by molar-refractivity contribution is 5.97. The topological polar surface area (TPSA) is 30.3 Å². The highest BCUT2D eigenvalue weighted by Crippen LogP contribution is 2.36. The van der Waals surface area contributed by atoms with Crippen molar-refractivity contribution in [3.8, 4) is 0 Å². The molecule has 22 heavy (non-hydrogen) atoms. The molecule has 0 bridgehead atoms. The number of rotatable bonds is 6. The van der Waals surface area contributed by atoms with Gasteiger partial charge in [-0.25, -0.2) is 0 Å². The predicted molar refractivity (Wildman–Crippen MR) is 96.2 cm³/mol. The third kappa shape index (κ3) is 3.29. The van der Waals surface area contributed by atoms with Gasteiger partial charge in [0, 0.05) is 19.6 Å². The minimum Gasteiger partial charge on any atom is -0.341 e. The summed E-state index contributed by atoms with van der Waals surface area (Å²) in [6.45, 7) is 14.1. The third-order valence-electron chi connectivity index (χ3n) is 4.54. The molecule has 122 valence electrons. The van der Waals surface area contributed by atoms with Crippen LogP contribution in [0.25, 0.3) is 0 Å². The van der Waals surface area contributed by atoms with E-state index in [0.29, 0.717) is 17.8 Å². The minimum atomic E-state index is 0.478. The van der Waals surface area contributed by atoms with Crippen molar-refractivity contribution < 1.29 is 0 Å². The lowest BCUT2D eigenvalue weighted by Crippen LogP contribution is -2.34. The van der Waals surface area contributed by atoms with Crippen LogP contribution in [0.5, 0.6) is 0 Å². The summed E-state index contributed by atoms with van der Waals surface area (Å²) in [6, 6.07) is 6.63. The van der Waals surface area contributed by atoms with Crippen molar-refractivity contribution in [1.29, 1.82) is 5.41 Å². The summed E-state index contributed by atoms with van der Waals surface area (Å²) in [5.74, 6) is 1.64. The Morgan fingerprint density at radius 3 is 2.14 bits per heavy atom. The first kappa shape index (κ1) is 16.9. The molecule has 2 rings (SSSR count). The van der Waals surface area contributed by atoms with E-state index in [2.05, 4.69) is 62.6 Å². The van der Waals surface area contributed by atoms with Crippen LogP contribution in [0.4, 0.5) is 5.69 Å². The summed E-state index contributed by atoms with van der Waals surface area (Å²) in [4.78, 5) is 4.46. The van der Waals surface area contributed by atoms with Crippen LogP contribution in [0.1, 0.15) is 70.4 Å². The fourth-order valence-corrected chi connectivity index (χ4v) is 3.21. The van der Waals surface area contributed by atoms with Gasteiger partial charge in [0.25, 0.3) is 0 Å². The zero-order valence-electron chi connectivity index (χ0n) is 14.8. The van der Waals surface area contributed by atoms with Crippen LogP contribution in [0.2, 0.25) is 0 Å². The number of hydrogen-bond acceptors (Lipinski definition) is 1. The zero-order valence-corrected chi connectivity index (χ0v) is 14.8. The van der Waals surface area contributed by atoms with E-state index in [1.165, 1.54) is 29.7 Å². The first-order valence-electron chi connectivity index (χ1n) is 8.71. The van der Waals surface area contributed by atoms with Gasteiger partial charge in [-0.3, -0.25) is 5.41 Å². The Kier molecular flexibility index (Phi) is 5.49. The molecule has 3 nitrogen and oxygen atoms in total. The van der Waals surface area contributed by atoms with Crippen molar-refractivity contribution in [2.24, 2.45) is 0 Å². The van der Waals surface area contributed by atoms with Crippen molar-refractivity contribution in [3.63, 3.8) is 0 Å². The Bertz CT molecular complexity index is 493. The highest BCUT2D eigenvalue weighted by Gasteiger charge is 2.29. The third-order valence-corrected chi connectivity index (χ3v) is 4.54. The van der Waals surface area contributed by atoms with Crippen molar-refractivity contribution in [1.82, 2.24) is 4.90 Å². The Balaban J connectivity index is 2.37. The van der Waals surface area contributed by atoms with Crippen LogP contribution in [-0.4, -0.2) is 30.5 Å². The van der Waals surface area contributed by atoms with Gasteiger partial charge in [-0.2, -0.15) is 0 Å². The molecule has 1 heterocycles. The molecule has 0 unspecified atom stereocenters. The van der Waals surface area contributed by atoms with Gasteiger partial charge in [0.1, 0.15) is 0 Å². The van der Waals surface area contributed by atoms with Crippen molar-refractivity contribution in [2.45, 2.75) is 59.3 Å². The number of nitrogens with zero attached hydrogens (tertiary/aromatic N) is 2. The maximum absolute atomic E-state index is 8.61. The number of para-hydroxylation sites is 1. The van der Waals surface area contributed by atoms with E-state index in [4.69, 9.17) is 5.41 Å². The number of guanidine groups is 1. The number of benzene rings is 1. The van der Waals surface area contributed by atoms with Crippen LogP contribution in [-0.2, 0) is 0 Å². The molecule has 1 saturated heterocycles. The molecule has 0 spiro atoms. The SMILES string of the molecule is CCCCN1CCN(c2c(C(C)C)cccc2C(C)C)C1=N. The molecule has 3 heteroatoms. The van der Waals surface area contributed by atoms with Crippen molar-refractivity contribution in [2.75, 3.05) is 24.5 Å². The Hall–Kier alpha value is -1.51. The molecule has 0 aromatic heterocycles. The quantitative estimate of drug-likeness (QED) is 0.818. The van der Waals surface area contributed by atoms with E-state index in [-0.39, 0.29) is 0 Å². The summed E-state index contributed by atoms with van der Waals surface area (Å²) in [5, 5.41) is 8.61. The molecule has 1 fully saturated rings. The first-order chi connectivity index (χ1) is 10.5. The van der Waals surface area contributed by atoms with Gasteiger partial charge in [-0.15, -0.1) is 0 Å². The van der Waals surface area contributed by atoms with E-state index in [0.717, 1.165) is 19.6 Å². The van der Waals surface area contributed by atoms with Gasteiger partial charge < -0.3 is 9.80 Å². The lowest BCUT2D eigenvalue weighted by molar-refractivity contribution is 0.445. The lowest BCUT2D eigenvalue weighted by atomic mass is 9.92. The van der Waals surface area contributed by atoms with E-state index in [1.807, 2.05) is 0 Å². The summed E-state index contributed by atoms with van der Waals surface area (Å²) >= 11 is 0. The van der Waals surface area contributed by atoms with Gasteiger partial charge >= 0.3 is 0 Å². The second-order valence-corrected chi connectivity index (χ2v) is 6.91. The normalized spacial score (nSPS) is 15.5. The Morgan fingerprint density at radius 1 is 1.05 bits per heavy atom. The number of nitrogens with one attached hydrogen (secondary N) is 1. The van der Waals surface area contributed by atoms with Crippen LogP contribution >= 0.6 is 0 Å². The highest BCUT2D eigenvalue weighted by atomic mass is 15.4. The first-order valence-corrected chi connectivity index (χ1v) is 8.71. The Morgan fingerprint density at radius 2 is 1.64 bits per heavy atom. The zero-order chi connectivity index (χ0) is 16.3. The average molecular weight is 301 g/mol. The standard InChI is InChI=1S/C19H31N3/c1-6-7-11-21-12-13-22(19(21)20)18-16(14(2)3)9-8-10-17(18)15(4)5/h8-10,14-15,20H,6-7,11-13H2,1-5H3. The van der Waals surface area contributed by atoms with Gasteiger partial charge in [-0.05, 0) is 29.4 Å². The molecule has 1 aromatic rings. The molecular weight excluding hydrogens is 270 g/mol. The summed E-state index contributed by atoms with van der Waals surface area (Å²) in [7, 11) is 0. The summed E-state index contributed by atoms with van der Waals surface area (Å²) in [5.41, 5.74) is 4.03. The van der Waals surface area contributed by atoms with Crippen molar-refractivity contribution >= 4 is 11.6 Å². The second kappa shape index (κ2) is 7.17. The summed E-state index contributed by atoms with van der Waals surface area (Å²) in [6.07, 6.45) is 2.35. The van der Waals surface area contributed by atoms with Gasteiger partial charge in [0.15, 0.2) is 5.96 Å². The van der Waals surface area contributed by atoms with Gasteiger partial charge in [0.05, 0.1) is 5.69 Å². The lowest BCUT2D eigenvalue weighted by Gasteiger charge is -2.28. The van der Waals surface area contributed by atoms with Crippen LogP contribution in [0, 0.1) is 5.41 Å². The predicted octanol–water partition coefficient (Wildman–Crippen LogP) is 4.79. The van der Waals surface area contributed by atoms with E-state index >= 15 is 0 Å². The minimum absolute atomic E-state index is 0.478. The van der Waals surface area contributed by atoms with Crippen LogP contribution < -0.4 is 4.90 Å². The molecule has 0 amide bonds. The maximum Gasteiger partial charge on any atom is 0.198 e. The van der Waals surface area contributed by atoms with E-state index in [1.54, 1.807) is 0 Å². The van der Waals surface area contributed by atoms with E-state index < -0.39 is 0 Å². The monoisotopic (exact) mass is 301 g/mol. The van der Waals surface area contributed by atoms with E-state index in [9.17, 15) is 0 Å². The second-order valence-electron chi connectivity index (χ2n) is 6.91. The summed E-state index contributed by atoms with van der Waals surface area (Å²) < 4.78 is 0. The smallest absolute Gasteiger partial charge is 0.198 e. The van der Waals surface area contributed by atoms with Crippen LogP contribution in [0.3, 0.4) is 0 Å². The van der Waals surface area contributed by atoms with Crippen LogP contribution in [0.15, 0.2) is 18.2 Å². The molecule has 0 radical (unpaired) electrons. The van der Waals surface area contributed by atoms with Gasteiger partial charge in [-0.1, -0.05) is 59.2 Å². The molecule has 0 atom stereocenters. The van der Waals surface area contributed by atoms with Gasteiger partial charge in [0.2, 0.25) is 0 Å². The number of hydrogen-bond donors (Lipinski definition) is 1. The Labute approximate surface area is 135 Å². The van der Waals surface area contributed by atoms with Crippen molar-refractivity contribution in [3.05, 3.63) is 29.3 Å². The number of unbranched alkanes of at least 4 members (excludes halogenated alkanes) is 1.